The van der Waals surface area contributed by atoms with E-state index in [0.717, 1.165) is 50.6 Å². The van der Waals surface area contributed by atoms with Crippen LogP contribution in [0, 0.1) is 0 Å². The zero-order valence-corrected chi connectivity index (χ0v) is 16.1. The summed E-state index contributed by atoms with van der Waals surface area (Å²) in [5.41, 5.74) is 3.36. The van der Waals surface area contributed by atoms with Gasteiger partial charge in [0.1, 0.15) is 0 Å². The Morgan fingerprint density at radius 2 is 1.81 bits per heavy atom. The van der Waals surface area contributed by atoms with Gasteiger partial charge in [-0.15, -0.1) is 0 Å². The highest BCUT2D eigenvalue weighted by atomic mass is 16.2. The van der Waals surface area contributed by atoms with E-state index in [2.05, 4.69) is 11.4 Å². The molecule has 0 aromatic heterocycles. The number of fused-ring (bicyclic) bond motifs is 1. The first kappa shape index (κ1) is 19.6. The molecule has 5 heteroatoms. The Morgan fingerprint density at radius 3 is 2.70 bits per heavy atom. The van der Waals surface area contributed by atoms with Gasteiger partial charge in [-0.25, -0.2) is 0 Å². The molecule has 0 spiro atoms. The van der Waals surface area contributed by atoms with Gasteiger partial charge in [-0.3, -0.25) is 14.4 Å². The number of benzene rings is 1. The summed E-state index contributed by atoms with van der Waals surface area (Å²) in [7, 11) is 0. The normalized spacial score (nSPS) is 16.7. The number of amides is 2. The maximum Gasteiger partial charge on any atom is 0.222 e. The van der Waals surface area contributed by atoms with Crippen LogP contribution < -0.4 is 5.32 Å². The number of nitrogens with zero attached hydrogens (tertiary/aromatic N) is 1. The molecule has 1 aliphatic heterocycles. The molecule has 0 radical (unpaired) electrons. The van der Waals surface area contributed by atoms with E-state index in [1.165, 1.54) is 17.5 Å². The number of hydrogen-bond donors (Lipinski definition) is 1. The van der Waals surface area contributed by atoms with E-state index in [-0.39, 0.29) is 30.4 Å². The molecule has 0 saturated carbocycles. The van der Waals surface area contributed by atoms with Gasteiger partial charge < -0.3 is 10.2 Å². The molecular weight excluding hydrogens is 340 g/mol. The standard InChI is InChI=1S/C22H30N2O3/c25-20(19-10-9-17-6-4-7-18(17)16-19)11-12-21(26)23-13-5-15-24-14-3-1-2-8-22(24)27/h9-10,16H,1-8,11-15H2,(H,23,26). The fraction of sp³-hybridized carbons (Fsp3) is 0.591. The number of nitrogens with one attached hydrogen (secondary N) is 1. The molecule has 27 heavy (non-hydrogen) atoms. The van der Waals surface area contributed by atoms with Crippen molar-refractivity contribution in [3.05, 3.63) is 34.9 Å². The van der Waals surface area contributed by atoms with Crippen LogP contribution in [-0.2, 0) is 22.4 Å². The summed E-state index contributed by atoms with van der Waals surface area (Å²) in [6, 6.07) is 5.95. The lowest BCUT2D eigenvalue weighted by molar-refractivity contribution is -0.130. The van der Waals surface area contributed by atoms with E-state index in [4.69, 9.17) is 0 Å². The Morgan fingerprint density at radius 1 is 0.963 bits per heavy atom. The van der Waals surface area contributed by atoms with Gasteiger partial charge in [-0.1, -0.05) is 18.6 Å². The van der Waals surface area contributed by atoms with Gasteiger partial charge in [0, 0.05) is 44.5 Å². The van der Waals surface area contributed by atoms with Gasteiger partial charge in [0.25, 0.3) is 0 Å². The van der Waals surface area contributed by atoms with Crippen molar-refractivity contribution in [2.75, 3.05) is 19.6 Å². The van der Waals surface area contributed by atoms with Crippen molar-refractivity contribution < 1.29 is 14.4 Å². The number of hydrogen-bond acceptors (Lipinski definition) is 3. The van der Waals surface area contributed by atoms with Crippen LogP contribution in [0.15, 0.2) is 18.2 Å². The zero-order chi connectivity index (χ0) is 19.1. The molecule has 3 rings (SSSR count). The fourth-order valence-electron chi connectivity index (χ4n) is 3.98. The highest BCUT2D eigenvalue weighted by molar-refractivity contribution is 5.98. The average molecular weight is 370 g/mol. The van der Waals surface area contributed by atoms with Crippen LogP contribution in [0.4, 0.5) is 0 Å². The lowest BCUT2D eigenvalue weighted by Crippen LogP contribution is -2.34. The van der Waals surface area contributed by atoms with Crippen LogP contribution in [0.25, 0.3) is 0 Å². The van der Waals surface area contributed by atoms with Gasteiger partial charge in [0.05, 0.1) is 0 Å². The van der Waals surface area contributed by atoms with Crippen molar-refractivity contribution in [3.8, 4) is 0 Å². The number of likely N-dealkylation sites (tertiary alicyclic amines) is 1. The second kappa shape index (κ2) is 9.67. The average Bonchev–Trinajstić information content (AvgIpc) is 3.05. The van der Waals surface area contributed by atoms with E-state index in [9.17, 15) is 14.4 Å². The maximum absolute atomic E-state index is 12.3. The lowest BCUT2D eigenvalue weighted by Gasteiger charge is -2.20. The number of Topliss-reactive ketones (excluding diaryl/α,β-unsaturated/α-hetero) is 1. The molecule has 1 fully saturated rings. The highest BCUT2D eigenvalue weighted by Crippen LogP contribution is 2.23. The summed E-state index contributed by atoms with van der Waals surface area (Å²) in [4.78, 5) is 38.2. The van der Waals surface area contributed by atoms with E-state index in [0.29, 0.717) is 19.5 Å². The van der Waals surface area contributed by atoms with Crippen molar-refractivity contribution in [2.24, 2.45) is 0 Å². The summed E-state index contributed by atoms with van der Waals surface area (Å²) in [5.74, 6) is 0.181. The summed E-state index contributed by atoms with van der Waals surface area (Å²) in [6.07, 6.45) is 8.38. The van der Waals surface area contributed by atoms with Crippen LogP contribution in [0.1, 0.15) is 72.9 Å². The Bertz CT molecular complexity index is 699. The molecule has 0 atom stereocenters. The molecular formula is C22H30N2O3. The van der Waals surface area contributed by atoms with Crippen molar-refractivity contribution in [1.82, 2.24) is 10.2 Å². The largest absolute Gasteiger partial charge is 0.356 e. The minimum Gasteiger partial charge on any atom is -0.356 e. The summed E-state index contributed by atoms with van der Waals surface area (Å²) < 4.78 is 0. The summed E-state index contributed by atoms with van der Waals surface area (Å²) >= 11 is 0. The smallest absolute Gasteiger partial charge is 0.222 e. The predicted octanol–water partition coefficient (Wildman–Crippen LogP) is 3.05. The Labute approximate surface area is 161 Å². The molecule has 1 N–H and O–H groups in total. The van der Waals surface area contributed by atoms with Crippen LogP contribution >= 0.6 is 0 Å². The lowest BCUT2D eigenvalue weighted by atomic mass is 10.0. The number of rotatable bonds is 8. The van der Waals surface area contributed by atoms with E-state index < -0.39 is 0 Å². The monoisotopic (exact) mass is 370 g/mol. The summed E-state index contributed by atoms with van der Waals surface area (Å²) in [6.45, 7) is 2.09. The second-order valence-corrected chi connectivity index (χ2v) is 7.66. The third-order valence-corrected chi connectivity index (χ3v) is 5.60. The Balaban J connectivity index is 1.33. The number of aryl methyl sites for hydroxylation is 2. The van der Waals surface area contributed by atoms with E-state index >= 15 is 0 Å². The SMILES string of the molecule is O=C(CCC(=O)c1ccc2c(c1)CCC2)NCCCN1CCCCCC1=O. The molecule has 1 aliphatic carbocycles. The number of carbonyl (C=O) groups excluding carboxylic acids is 3. The maximum atomic E-state index is 12.3. The van der Waals surface area contributed by atoms with E-state index in [1.807, 2.05) is 17.0 Å². The molecule has 1 aromatic rings. The fourth-order valence-corrected chi connectivity index (χ4v) is 3.98. The molecule has 2 amide bonds. The molecule has 0 bridgehead atoms. The molecule has 0 unspecified atom stereocenters. The van der Waals surface area contributed by atoms with Gasteiger partial charge in [-0.2, -0.15) is 0 Å². The van der Waals surface area contributed by atoms with Crippen LogP contribution in [0.5, 0.6) is 0 Å². The molecule has 1 saturated heterocycles. The minimum atomic E-state index is -0.0910. The van der Waals surface area contributed by atoms with Crippen molar-refractivity contribution in [1.29, 1.82) is 0 Å². The molecule has 2 aliphatic rings. The number of ketones is 1. The topological polar surface area (TPSA) is 66.5 Å². The number of carbonyl (C=O) groups is 3. The first-order valence-corrected chi connectivity index (χ1v) is 10.3. The first-order valence-electron chi connectivity index (χ1n) is 10.3. The quantitative estimate of drug-likeness (QED) is 0.565. The zero-order valence-electron chi connectivity index (χ0n) is 16.1. The van der Waals surface area contributed by atoms with Crippen LogP contribution in [0.3, 0.4) is 0 Å². The van der Waals surface area contributed by atoms with Gasteiger partial charge in [0.15, 0.2) is 5.78 Å². The van der Waals surface area contributed by atoms with Crippen molar-refractivity contribution in [2.45, 2.75) is 64.2 Å². The van der Waals surface area contributed by atoms with E-state index in [1.54, 1.807) is 0 Å². The molecule has 1 heterocycles. The van der Waals surface area contributed by atoms with Crippen LogP contribution in [0.2, 0.25) is 0 Å². The van der Waals surface area contributed by atoms with Gasteiger partial charge >= 0.3 is 0 Å². The van der Waals surface area contributed by atoms with Gasteiger partial charge in [-0.05, 0) is 55.7 Å². The van der Waals surface area contributed by atoms with Crippen molar-refractivity contribution >= 4 is 17.6 Å². The Hall–Kier alpha value is -2.17. The predicted molar refractivity (Wildman–Crippen MR) is 105 cm³/mol. The highest BCUT2D eigenvalue weighted by Gasteiger charge is 2.17. The van der Waals surface area contributed by atoms with Crippen molar-refractivity contribution in [3.63, 3.8) is 0 Å². The second-order valence-electron chi connectivity index (χ2n) is 7.66. The molecule has 146 valence electrons. The molecule has 1 aromatic carbocycles. The van der Waals surface area contributed by atoms with Crippen LogP contribution in [-0.4, -0.2) is 42.1 Å². The third kappa shape index (κ3) is 5.65. The summed E-state index contributed by atoms with van der Waals surface area (Å²) in [5, 5.41) is 2.87. The third-order valence-electron chi connectivity index (χ3n) is 5.60. The minimum absolute atomic E-state index is 0.0370. The first-order chi connectivity index (χ1) is 13.1. The molecule has 5 nitrogen and oxygen atoms in total. The Kier molecular flexibility index (Phi) is 7.02. The van der Waals surface area contributed by atoms with Gasteiger partial charge in [0.2, 0.25) is 11.8 Å².